The first kappa shape index (κ1) is 13.8. The van der Waals surface area contributed by atoms with Crippen LogP contribution in [0.2, 0.25) is 0 Å². The minimum Gasteiger partial charge on any atom is -0.383 e. The molecule has 0 aromatic carbocycles. The second kappa shape index (κ2) is 5.76. The van der Waals surface area contributed by atoms with Crippen LogP contribution >= 0.6 is 0 Å². The summed E-state index contributed by atoms with van der Waals surface area (Å²) >= 11 is 0. The van der Waals surface area contributed by atoms with Crippen LogP contribution < -0.4 is 5.73 Å². The fourth-order valence-corrected chi connectivity index (χ4v) is 2.86. The zero-order valence-electron chi connectivity index (χ0n) is 12.4. The van der Waals surface area contributed by atoms with Crippen LogP contribution in [0.5, 0.6) is 0 Å². The largest absolute Gasteiger partial charge is 0.383 e. The van der Waals surface area contributed by atoms with Crippen LogP contribution in [0.3, 0.4) is 0 Å². The molecule has 118 valence electrons. The smallest absolute Gasteiger partial charge is 0.244 e. The molecule has 3 N–H and O–H groups in total. The van der Waals surface area contributed by atoms with Gasteiger partial charge in [-0.3, -0.25) is 4.90 Å². The second-order valence-corrected chi connectivity index (χ2v) is 5.44. The third-order valence-corrected chi connectivity index (χ3v) is 3.98. The number of likely N-dealkylation sites (tertiary alicyclic amines) is 1. The molecule has 4 rings (SSSR count). The average Bonchev–Trinajstić information content (AvgIpc) is 3.28. The van der Waals surface area contributed by atoms with Crippen molar-refractivity contribution in [2.75, 3.05) is 12.3 Å². The topological polar surface area (TPSA) is 123 Å². The summed E-state index contributed by atoms with van der Waals surface area (Å²) in [6, 6.07) is 0.0900. The maximum absolute atomic E-state index is 5.84. The molecule has 1 aliphatic heterocycles. The molecule has 0 saturated carbocycles. The molecule has 0 aliphatic carbocycles. The number of aromatic nitrogens is 6. The Morgan fingerprint density at radius 2 is 2.35 bits per heavy atom. The molecular weight excluding hydrogens is 296 g/mol. The molecule has 3 aromatic heterocycles. The predicted molar refractivity (Wildman–Crippen MR) is 80.7 cm³/mol. The number of nitrogens with one attached hydrogen (secondary N) is 1. The van der Waals surface area contributed by atoms with E-state index in [9.17, 15) is 0 Å². The number of hydrogen-bond acceptors (Lipinski definition) is 8. The Balaban J connectivity index is 1.57. The summed E-state index contributed by atoms with van der Waals surface area (Å²) in [5.41, 5.74) is 6.42. The number of nitrogens with two attached hydrogens (primary N) is 1. The van der Waals surface area contributed by atoms with E-state index in [2.05, 4.69) is 35.0 Å². The van der Waals surface area contributed by atoms with E-state index in [1.54, 1.807) is 12.4 Å². The van der Waals surface area contributed by atoms with Gasteiger partial charge in [0.05, 0.1) is 18.2 Å². The molecule has 9 nitrogen and oxygen atoms in total. The Labute approximate surface area is 132 Å². The van der Waals surface area contributed by atoms with Crippen LogP contribution in [0.25, 0.3) is 11.4 Å². The summed E-state index contributed by atoms with van der Waals surface area (Å²) in [5.74, 6) is 2.28. The van der Waals surface area contributed by atoms with Crippen molar-refractivity contribution in [1.82, 2.24) is 35.0 Å². The van der Waals surface area contributed by atoms with Crippen molar-refractivity contribution in [1.29, 1.82) is 0 Å². The van der Waals surface area contributed by atoms with Crippen molar-refractivity contribution in [2.45, 2.75) is 25.4 Å². The summed E-state index contributed by atoms with van der Waals surface area (Å²) in [6.45, 7) is 1.70. The zero-order valence-corrected chi connectivity index (χ0v) is 12.4. The van der Waals surface area contributed by atoms with Gasteiger partial charge < -0.3 is 15.2 Å². The summed E-state index contributed by atoms with van der Waals surface area (Å²) in [7, 11) is 0. The quantitative estimate of drug-likeness (QED) is 0.736. The maximum atomic E-state index is 5.84. The van der Waals surface area contributed by atoms with Gasteiger partial charge in [-0.1, -0.05) is 5.16 Å². The Kier molecular flexibility index (Phi) is 3.46. The monoisotopic (exact) mass is 312 g/mol. The van der Waals surface area contributed by atoms with Gasteiger partial charge in [-0.15, -0.1) is 0 Å². The molecule has 0 bridgehead atoms. The Morgan fingerprint density at radius 1 is 1.39 bits per heavy atom. The number of H-pyrrole nitrogens is 1. The number of nitrogens with zero attached hydrogens (tertiary/aromatic N) is 6. The van der Waals surface area contributed by atoms with E-state index in [1.807, 2.05) is 6.20 Å². The Bertz CT molecular complexity index is 784. The fraction of sp³-hybridized carbons (Fsp3) is 0.357. The van der Waals surface area contributed by atoms with Crippen molar-refractivity contribution in [3.05, 3.63) is 36.6 Å². The van der Waals surface area contributed by atoms with Crippen molar-refractivity contribution in [2.24, 2.45) is 0 Å². The maximum Gasteiger partial charge on any atom is 0.244 e. The molecule has 1 saturated heterocycles. The van der Waals surface area contributed by atoms with Crippen LogP contribution in [-0.2, 0) is 6.54 Å². The lowest BCUT2D eigenvalue weighted by molar-refractivity contribution is 0.197. The van der Waals surface area contributed by atoms with Gasteiger partial charge >= 0.3 is 0 Å². The van der Waals surface area contributed by atoms with Gasteiger partial charge in [-0.25, -0.2) is 15.0 Å². The second-order valence-electron chi connectivity index (χ2n) is 5.44. The molecule has 1 unspecified atom stereocenters. The first-order valence-corrected chi connectivity index (χ1v) is 7.43. The van der Waals surface area contributed by atoms with Gasteiger partial charge in [0.2, 0.25) is 11.7 Å². The summed E-state index contributed by atoms with van der Waals surface area (Å²) in [5, 5.41) is 4.03. The van der Waals surface area contributed by atoms with E-state index in [0.29, 0.717) is 23.1 Å². The minimum absolute atomic E-state index is 0.0900. The third kappa shape index (κ3) is 2.66. The van der Waals surface area contributed by atoms with E-state index in [4.69, 9.17) is 10.3 Å². The summed E-state index contributed by atoms with van der Waals surface area (Å²) < 4.78 is 5.46. The predicted octanol–water partition coefficient (Wildman–Crippen LogP) is 1.17. The van der Waals surface area contributed by atoms with E-state index < -0.39 is 0 Å². The van der Waals surface area contributed by atoms with E-state index in [-0.39, 0.29) is 6.04 Å². The molecule has 23 heavy (non-hydrogen) atoms. The van der Waals surface area contributed by atoms with Crippen molar-refractivity contribution in [3.8, 4) is 11.4 Å². The lowest BCUT2D eigenvalue weighted by atomic mass is 10.2. The van der Waals surface area contributed by atoms with Crippen molar-refractivity contribution < 1.29 is 4.52 Å². The lowest BCUT2D eigenvalue weighted by Gasteiger charge is -2.19. The normalized spacial score (nSPS) is 18.5. The molecule has 9 heteroatoms. The molecule has 0 amide bonds. The SMILES string of the molecule is Nc1ncncc1-c1noc(C2CCCN2Cc2ncc[nH]2)n1. The molecule has 1 atom stereocenters. The summed E-state index contributed by atoms with van der Waals surface area (Å²) in [4.78, 5) is 22.1. The highest BCUT2D eigenvalue weighted by Gasteiger charge is 2.31. The van der Waals surface area contributed by atoms with Crippen LogP contribution in [0.4, 0.5) is 5.82 Å². The van der Waals surface area contributed by atoms with Crippen LogP contribution in [0.1, 0.15) is 30.6 Å². The highest BCUT2D eigenvalue weighted by atomic mass is 16.5. The number of rotatable bonds is 4. The highest BCUT2D eigenvalue weighted by Crippen LogP contribution is 2.33. The molecule has 3 aromatic rings. The number of hydrogen-bond donors (Lipinski definition) is 2. The lowest BCUT2D eigenvalue weighted by Crippen LogP contribution is -2.23. The molecule has 1 aliphatic rings. The van der Waals surface area contributed by atoms with Gasteiger partial charge in [0.1, 0.15) is 18.0 Å². The van der Waals surface area contributed by atoms with E-state index in [1.165, 1.54) is 6.33 Å². The van der Waals surface area contributed by atoms with Gasteiger partial charge in [0.25, 0.3) is 0 Å². The van der Waals surface area contributed by atoms with Gasteiger partial charge in [-0.2, -0.15) is 4.98 Å². The average molecular weight is 312 g/mol. The third-order valence-electron chi connectivity index (χ3n) is 3.98. The molecular formula is C14H16N8O. The number of nitrogen functional groups attached to an aromatic ring is 1. The minimum atomic E-state index is 0.0900. The standard InChI is InChI=1S/C14H16N8O/c15-12-9(6-16-8-19-12)13-20-14(23-21-13)10-2-1-5-22(10)7-11-17-3-4-18-11/h3-4,6,8,10H,1-2,5,7H2,(H,17,18)(H2,15,16,19). The number of imidazole rings is 1. The molecule has 1 fully saturated rings. The van der Waals surface area contributed by atoms with E-state index in [0.717, 1.165) is 31.8 Å². The highest BCUT2D eigenvalue weighted by molar-refractivity contribution is 5.66. The molecule has 4 heterocycles. The first-order chi connectivity index (χ1) is 11.3. The first-order valence-electron chi connectivity index (χ1n) is 7.43. The fourth-order valence-electron chi connectivity index (χ4n) is 2.86. The van der Waals surface area contributed by atoms with E-state index >= 15 is 0 Å². The molecule has 0 spiro atoms. The van der Waals surface area contributed by atoms with Crippen LogP contribution in [0.15, 0.2) is 29.4 Å². The molecule has 0 radical (unpaired) electrons. The van der Waals surface area contributed by atoms with Crippen molar-refractivity contribution in [3.63, 3.8) is 0 Å². The number of aromatic amines is 1. The Morgan fingerprint density at radius 3 is 3.17 bits per heavy atom. The van der Waals surface area contributed by atoms with Crippen LogP contribution in [0, 0.1) is 0 Å². The summed E-state index contributed by atoms with van der Waals surface area (Å²) in [6.07, 6.45) is 8.61. The number of anilines is 1. The Hall–Kier alpha value is -2.81. The zero-order chi connectivity index (χ0) is 15.6. The van der Waals surface area contributed by atoms with Gasteiger partial charge in [-0.05, 0) is 19.4 Å². The van der Waals surface area contributed by atoms with Crippen LogP contribution in [-0.4, -0.2) is 41.5 Å². The van der Waals surface area contributed by atoms with Gasteiger partial charge in [0, 0.05) is 18.6 Å². The van der Waals surface area contributed by atoms with Gasteiger partial charge in [0.15, 0.2) is 0 Å². The van der Waals surface area contributed by atoms with Crippen molar-refractivity contribution >= 4 is 5.82 Å².